The zero-order valence-corrected chi connectivity index (χ0v) is 19.6. The monoisotopic (exact) mass is 542 g/mol. The van der Waals surface area contributed by atoms with E-state index in [2.05, 4.69) is 49.9 Å². The summed E-state index contributed by atoms with van der Waals surface area (Å²) in [6, 6.07) is 17.8. The highest BCUT2D eigenvalue weighted by molar-refractivity contribution is 14.1. The lowest BCUT2D eigenvalue weighted by Gasteiger charge is -2.28. The fourth-order valence-electron chi connectivity index (χ4n) is 4.13. The molecule has 2 N–H and O–H groups in total. The van der Waals surface area contributed by atoms with Gasteiger partial charge in [0, 0.05) is 29.7 Å². The second kappa shape index (κ2) is 8.91. The topological polar surface area (TPSA) is 87.9 Å². The first kappa shape index (κ1) is 21.0. The number of fused-ring (bicyclic) bond motifs is 1. The third kappa shape index (κ3) is 3.97. The van der Waals surface area contributed by atoms with Gasteiger partial charge in [0.25, 0.3) is 5.56 Å². The Balaban J connectivity index is 1.72. The maximum Gasteiger partial charge on any atom is 0.330 e. The van der Waals surface area contributed by atoms with Crippen LogP contribution < -0.4 is 21.5 Å². The molecular formula is C23H23IN6O2. The van der Waals surface area contributed by atoms with Gasteiger partial charge in [-0.1, -0.05) is 48.5 Å². The van der Waals surface area contributed by atoms with Gasteiger partial charge in [-0.25, -0.2) is 4.79 Å². The Bertz CT molecular complexity index is 1370. The van der Waals surface area contributed by atoms with Gasteiger partial charge in [-0.2, -0.15) is 4.98 Å². The fraction of sp³-hybridized carbons (Fsp3) is 0.261. The summed E-state index contributed by atoms with van der Waals surface area (Å²) >= 11 is 2.31. The molecule has 0 spiro atoms. The van der Waals surface area contributed by atoms with Crippen LogP contribution in [0.2, 0.25) is 0 Å². The number of halogens is 1. The number of benzene rings is 2. The van der Waals surface area contributed by atoms with Crippen molar-refractivity contribution in [3.8, 4) is 0 Å². The van der Waals surface area contributed by atoms with Gasteiger partial charge in [0.05, 0.1) is 13.1 Å². The van der Waals surface area contributed by atoms with Gasteiger partial charge in [-0.05, 0) is 39.8 Å². The van der Waals surface area contributed by atoms with E-state index in [4.69, 9.17) is 4.98 Å². The molecule has 0 bridgehead atoms. The summed E-state index contributed by atoms with van der Waals surface area (Å²) in [6.45, 7) is 4.11. The molecule has 1 saturated heterocycles. The van der Waals surface area contributed by atoms with Crippen LogP contribution in [0, 0.1) is 3.57 Å². The van der Waals surface area contributed by atoms with Crippen molar-refractivity contribution in [1.82, 2.24) is 24.4 Å². The molecule has 3 heterocycles. The lowest BCUT2D eigenvalue weighted by atomic mass is 10.2. The third-order valence-electron chi connectivity index (χ3n) is 5.74. The Labute approximate surface area is 198 Å². The molecule has 0 saturated carbocycles. The molecule has 8 nitrogen and oxygen atoms in total. The Hall–Kier alpha value is -2.92. The molecule has 164 valence electrons. The van der Waals surface area contributed by atoms with Crippen molar-refractivity contribution in [1.29, 1.82) is 0 Å². The van der Waals surface area contributed by atoms with Crippen LogP contribution in [-0.4, -0.2) is 45.3 Å². The summed E-state index contributed by atoms with van der Waals surface area (Å²) in [7, 11) is 0. The van der Waals surface area contributed by atoms with E-state index in [0.29, 0.717) is 24.3 Å². The largest absolute Gasteiger partial charge is 0.340 e. The van der Waals surface area contributed by atoms with Crippen LogP contribution in [0.15, 0.2) is 64.2 Å². The molecule has 1 aliphatic heterocycles. The van der Waals surface area contributed by atoms with Crippen molar-refractivity contribution < 1.29 is 0 Å². The van der Waals surface area contributed by atoms with Gasteiger partial charge >= 0.3 is 5.69 Å². The van der Waals surface area contributed by atoms with Gasteiger partial charge in [0.15, 0.2) is 11.2 Å². The van der Waals surface area contributed by atoms with E-state index in [1.165, 1.54) is 0 Å². The van der Waals surface area contributed by atoms with Gasteiger partial charge < -0.3 is 10.2 Å². The van der Waals surface area contributed by atoms with Gasteiger partial charge in [-0.15, -0.1) is 0 Å². The lowest BCUT2D eigenvalue weighted by Crippen LogP contribution is -2.44. The maximum atomic E-state index is 13.0. The second-order valence-corrected chi connectivity index (χ2v) is 8.99. The molecule has 0 radical (unpaired) electrons. The Morgan fingerprint density at radius 1 is 0.906 bits per heavy atom. The third-order valence-corrected chi connectivity index (χ3v) is 6.79. The first-order chi connectivity index (χ1) is 15.6. The molecular weight excluding hydrogens is 519 g/mol. The van der Waals surface area contributed by atoms with Crippen LogP contribution in [0.1, 0.15) is 11.1 Å². The second-order valence-electron chi connectivity index (χ2n) is 7.83. The number of aromatic amines is 1. The van der Waals surface area contributed by atoms with Gasteiger partial charge in [0.2, 0.25) is 5.95 Å². The summed E-state index contributed by atoms with van der Waals surface area (Å²) in [5.74, 6) is 0.721. The Kier molecular flexibility index (Phi) is 5.83. The first-order valence-corrected chi connectivity index (χ1v) is 11.7. The van der Waals surface area contributed by atoms with Crippen LogP contribution >= 0.6 is 22.6 Å². The van der Waals surface area contributed by atoms with Crippen molar-refractivity contribution >= 4 is 39.7 Å². The molecule has 32 heavy (non-hydrogen) atoms. The van der Waals surface area contributed by atoms with Crippen LogP contribution in [0.4, 0.5) is 5.95 Å². The van der Waals surface area contributed by atoms with Gasteiger partial charge in [-0.3, -0.25) is 18.9 Å². The SMILES string of the molecule is O=c1[nH]c(=O)n(Cc2ccccc2)c2nc(N3CCNCC3)n(Cc3ccccc3I)c12. The summed E-state index contributed by atoms with van der Waals surface area (Å²) in [4.78, 5) is 35.4. The quantitative estimate of drug-likeness (QED) is 0.377. The highest BCUT2D eigenvalue weighted by atomic mass is 127. The zero-order valence-electron chi connectivity index (χ0n) is 17.4. The van der Waals surface area contributed by atoms with Crippen molar-refractivity contribution in [2.45, 2.75) is 13.1 Å². The number of nitrogens with one attached hydrogen (secondary N) is 2. The standard InChI is InChI=1S/C23H23IN6O2/c24-18-9-5-4-8-17(18)15-29-19-20(26-22(29)28-12-10-25-11-13-28)30(23(32)27-21(19)31)14-16-6-2-1-3-7-16/h1-9,25H,10-15H2,(H,27,31,32). The average Bonchev–Trinajstić information content (AvgIpc) is 3.19. The number of hydrogen-bond donors (Lipinski definition) is 2. The molecule has 0 amide bonds. The first-order valence-electron chi connectivity index (χ1n) is 10.6. The number of piperazine rings is 1. The fourth-order valence-corrected chi connectivity index (χ4v) is 4.68. The zero-order chi connectivity index (χ0) is 22.1. The number of anilines is 1. The van der Waals surface area contributed by atoms with E-state index in [9.17, 15) is 9.59 Å². The summed E-state index contributed by atoms with van der Waals surface area (Å²) in [5, 5.41) is 3.36. The van der Waals surface area contributed by atoms with E-state index in [-0.39, 0.29) is 0 Å². The molecule has 0 unspecified atom stereocenters. The number of aromatic nitrogens is 4. The van der Waals surface area contributed by atoms with Crippen molar-refractivity contribution in [3.63, 3.8) is 0 Å². The molecule has 0 atom stereocenters. The number of imidazole rings is 1. The van der Waals surface area contributed by atoms with E-state index in [1.54, 1.807) is 4.57 Å². The number of hydrogen-bond acceptors (Lipinski definition) is 5. The lowest BCUT2D eigenvalue weighted by molar-refractivity contribution is 0.571. The average molecular weight is 542 g/mol. The van der Waals surface area contributed by atoms with E-state index >= 15 is 0 Å². The molecule has 0 aliphatic carbocycles. The summed E-state index contributed by atoms with van der Waals surface area (Å²) < 4.78 is 4.63. The maximum absolute atomic E-state index is 13.0. The van der Waals surface area contributed by atoms with Crippen LogP contribution in [0.25, 0.3) is 11.2 Å². The van der Waals surface area contributed by atoms with Crippen LogP contribution in [0.5, 0.6) is 0 Å². The van der Waals surface area contributed by atoms with Crippen LogP contribution in [0.3, 0.4) is 0 Å². The van der Waals surface area contributed by atoms with Crippen LogP contribution in [-0.2, 0) is 13.1 Å². The smallest absolute Gasteiger partial charge is 0.330 e. The molecule has 2 aromatic heterocycles. The number of rotatable bonds is 5. The summed E-state index contributed by atoms with van der Waals surface area (Å²) in [5.41, 5.74) is 2.06. The number of nitrogens with zero attached hydrogens (tertiary/aromatic N) is 4. The van der Waals surface area contributed by atoms with Crippen molar-refractivity contribution in [2.24, 2.45) is 0 Å². The normalized spacial score (nSPS) is 14.2. The molecule has 4 aromatic rings. The molecule has 2 aromatic carbocycles. The highest BCUT2D eigenvalue weighted by Crippen LogP contribution is 2.24. The van der Waals surface area contributed by atoms with E-state index in [1.807, 2.05) is 47.0 Å². The Morgan fingerprint density at radius 2 is 1.62 bits per heavy atom. The predicted octanol–water partition coefficient (Wildman–Crippen LogP) is 2.00. The van der Waals surface area contributed by atoms with E-state index < -0.39 is 11.2 Å². The summed E-state index contributed by atoms with van der Waals surface area (Å²) in [6.07, 6.45) is 0. The minimum atomic E-state index is -0.447. The minimum absolute atomic E-state index is 0.341. The molecule has 9 heteroatoms. The molecule has 1 fully saturated rings. The molecule has 5 rings (SSSR count). The number of H-pyrrole nitrogens is 1. The van der Waals surface area contributed by atoms with Crippen molar-refractivity contribution in [3.05, 3.63) is 90.1 Å². The van der Waals surface area contributed by atoms with Gasteiger partial charge in [0.1, 0.15) is 0 Å². The van der Waals surface area contributed by atoms with E-state index in [0.717, 1.165) is 46.8 Å². The molecule has 1 aliphatic rings. The van der Waals surface area contributed by atoms with Crippen molar-refractivity contribution in [2.75, 3.05) is 31.1 Å². The Morgan fingerprint density at radius 3 is 2.38 bits per heavy atom. The predicted molar refractivity (Wildman–Crippen MR) is 134 cm³/mol. The minimum Gasteiger partial charge on any atom is -0.340 e. The highest BCUT2D eigenvalue weighted by Gasteiger charge is 2.24.